The van der Waals surface area contributed by atoms with E-state index >= 15 is 0 Å². The molecule has 1 heterocycles. The molecule has 30 heavy (non-hydrogen) atoms. The van der Waals surface area contributed by atoms with Gasteiger partial charge in [-0.3, -0.25) is 4.84 Å². The zero-order valence-corrected chi connectivity index (χ0v) is 17.6. The third kappa shape index (κ3) is 5.99. The molecular formula is C19H16Cl3N3O5. The third-order valence-corrected chi connectivity index (χ3v) is 4.78. The zero-order chi connectivity index (χ0) is 21.5. The first kappa shape index (κ1) is 22.2. The maximum atomic E-state index is 11.1. The summed E-state index contributed by atoms with van der Waals surface area (Å²) in [5.74, 6) is 0.445. The van der Waals surface area contributed by atoms with Gasteiger partial charge >= 0.3 is 0 Å². The van der Waals surface area contributed by atoms with E-state index < -0.39 is 17.4 Å². The minimum absolute atomic E-state index is 0.0958. The summed E-state index contributed by atoms with van der Waals surface area (Å²) in [5, 5.41) is 11.6. The van der Waals surface area contributed by atoms with Crippen molar-refractivity contribution in [2.24, 2.45) is 0 Å². The quantitative estimate of drug-likeness (QED) is 0.223. The topological polar surface area (TPSA) is 88.7 Å². The maximum absolute atomic E-state index is 11.1. The minimum atomic E-state index is -1.11. The highest BCUT2D eigenvalue weighted by Gasteiger charge is 2.29. The van der Waals surface area contributed by atoms with E-state index in [2.05, 4.69) is 4.98 Å². The molecule has 158 valence electrons. The van der Waals surface area contributed by atoms with Crippen LogP contribution in [0.3, 0.4) is 0 Å². The van der Waals surface area contributed by atoms with Gasteiger partial charge in [-0.2, -0.15) is 0 Å². The molecule has 0 saturated heterocycles. The van der Waals surface area contributed by atoms with E-state index in [4.69, 9.17) is 49.1 Å². The van der Waals surface area contributed by atoms with Crippen molar-refractivity contribution < 1.29 is 19.4 Å². The van der Waals surface area contributed by atoms with Crippen LogP contribution in [-0.2, 0) is 9.57 Å². The summed E-state index contributed by atoms with van der Waals surface area (Å²) >= 11 is 17.9. The van der Waals surface area contributed by atoms with E-state index in [9.17, 15) is 10.1 Å². The summed E-state index contributed by atoms with van der Waals surface area (Å²) in [4.78, 5) is 19.9. The molecule has 3 rings (SSSR count). The van der Waals surface area contributed by atoms with Crippen LogP contribution in [-0.4, -0.2) is 27.9 Å². The van der Waals surface area contributed by atoms with Crippen LogP contribution in [0.25, 0.3) is 0 Å². The molecule has 0 aliphatic carbocycles. The second-order valence-corrected chi connectivity index (χ2v) is 7.28. The van der Waals surface area contributed by atoms with E-state index in [-0.39, 0.29) is 13.2 Å². The van der Waals surface area contributed by atoms with Crippen molar-refractivity contribution >= 4 is 34.8 Å². The molecule has 1 aromatic heterocycles. The van der Waals surface area contributed by atoms with Gasteiger partial charge in [0.05, 0.1) is 18.0 Å². The summed E-state index contributed by atoms with van der Waals surface area (Å²) in [6.45, 7) is 0.235. The monoisotopic (exact) mass is 471 g/mol. The van der Waals surface area contributed by atoms with Gasteiger partial charge in [-0.15, -0.1) is 10.1 Å². The molecule has 8 nitrogen and oxygen atoms in total. The Balaban J connectivity index is 1.75. The van der Waals surface area contributed by atoms with Crippen LogP contribution in [0, 0.1) is 10.1 Å². The molecule has 0 aliphatic rings. The van der Waals surface area contributed by atoms with Crippen molar-refractivity contribution in [1.29, 1.82) is 0 Å². The Bertz CT molecular complexity index is 970. The molecule has 0 amide bonds. The fourth-order valence-corrected chi connectivity index (χ4v) is 3.28. The largest absolute Gasteiger partial charge is 0.490 e. The summed E-state index contributed by atoms with van der Waals surface area (Å²) in [6, 6.07) is 11.6. The lowest BCUT2D eigenvalue weighted by Crippen LogP contribution is -2.26. The van der Waals surface area contributed by atoms with Crippen molar-refractivity contribution in [3.63, 3.8) is 0 Å². The summed E-state index contributed by atoms with van der Waals surface area (Å²) in [5.41, 5.74) is 0.629. The lowest BCUT2D eigenvalue weighted by atomic mass is 10.1. The molecule has 2 unspecified atom stereocenters. The van der Waals surface area contributed by atoms with E-state index in [1.54, 1.807) is 48.7 Å². The van der Waals surface area contributed by atoms with Crippen LogP contribution >= 0.6 is 34.8 Å². The molecular weight excluding hydrogens is 457 g/mol. The Morgan fingerprint density at radius 1 is 1.07 bits per heavy atom. The smallest absolute Gasteiger partial charge is 0.296 e. The SMILES string of the molecule is O=[N+]([O-])OC(C(OCCOc1ccc(Cl)cc1Cl)c1ccc(Cl)cc1)n1ccnc1. The van der Waals surface area contributed by atoms with Crippen LogP contribution in [0.5, 0.6) is 5.75 Å². The molecule has 2 aromatic carbocycles. The number of rotatable bonds is 10. The number of hydrogen-bond acceptors (Lipinski definition) is 6. The Labute approximate surface area is 187 Å². The third-order valence-electron chi connectivity index (χ3n) is 4.00. The molecule has 2 atom stereocenters. The molecule has 0 bridgehead atoms. The Morgan fingerprint density at radius 2 is 1.80 bits per heavy atom. The van der Waals surface area contributed by atoms with Crippen LogP contribution in [0.2, 0.25) is 15.1 Å². The molecule has 0 fully saturated rings. The highest BCUT2D eigenvalue weighted by Crippen LogP contribution is 2.32. The number of nitrogens with zero attached hydrogens (tertiary/aromatic N) is 3. The van der Waals surface area contributed by atoms with Gasteiger partial charge in [0, 0.05) is 22.4 Å². The fourth-order valence-electron chi connectivity index (χ4n) is 2.69. The number of ether oxygens (including phenoxy) is 2. The van der Waals surface area contributed by atoms with Crippen LogP contribution in [0.4, 0.5) is 0 Å². The van der Waals surface area contributed by atoms with Gasteiger partial charge in [0.1, 0.15) is 18.5 Å². The first-order valence-electron chi connectivity index (χ1n) is 8.67. The van der Waals surface area contributed by atoms with Crippen molar-refractivity contribution in [3.8, 4) is 5.75 Å². The molecule has 0 N–H and O–H groups in total. The van der Waals surface area contributed by atoms with Gasteiger partial charge < -0.3 is 14.0 Å². The van der Waals surface area contributed by atoms with Crippen molar-refractivity contribution in [1.82, 2.24) is 9.55 Å². The predicted molar refractivity (Wildman–Crippen MR) is 111 cm³/mol. The predicted octanol–water partition coefficient (Wildman–Crippen LogP) is 5.39. The molecule has 0 aliphatic heterocycles. The number of aromatic nitrogens is 2. The second kappa shape index (κ2) is 10.5. The van der Waals surface area contributed by atoms with Crippen LogP contribution in [0.15, 0.2) is 61.2 Å². The summed E-state index contributed by atoms with van der Waals surface area (Å²) in [7, 11) is 0. The molecule has 11 heteroatoms. The Kier molecular flexibility index (Phi) is 7.75. The molecule has 3 aromatic rings. The number of imidazole rings is 1. The number of hydrogen-bond donors (Lipinski definition) is 0. The lowest BCUT2D eigenvalue weighted by molar-refractivity contribution is -0.778. The Hall–Kier alpha value is -2.52. The van der Waals surface area contributed by atoms with Gasteiger partial charge in [-0.25, -0.2) is 4.98 Å². The average Bonchev–Trinajstić information content (AvgIpc) is 3.23. The highest BCUT2D eigenvalue weighted by atomic mass is 35.5. The van der Waals surface area contributed by atoms with Crippen molar-refractivity contribution in [3.05, 3.63) is 91.9 Å². The first-order valence-corrected chi connectivity index (χ1v) is 9.81. The average molecular weight is 473 g/mol. The minimum Gasteiger partial charge on any atom is -0.490 e. The van der Waals surface area contributed by atoms with E-state index in [0.29, 0.717) is 26.4 Å². The Morgan fingerprint density at radius 3 is 2.43 bits per heavy atom. The van der Waals surface area contributed by atoms with E-state index in [1.807, 2.05) is 0 Å². The number of benzene rings is 2. The number of halogens is 3. The van der Waals surface area contributed by atoms with Gasteiger partial charge in [-0.1, -0.05) is 46.9 Å². The van der Waals surface area contributed by atoms with E-state index in [1.165, 1.54) is 17.1 Å². The highest BCUT2D eigenvalue weighted by molar-refractivity contribution is 6.35. The van der Waals surface area contributed by atoms with Crippen LogP contribution < -0.4 is 4.74 Å². The van der Waals surface area contributed by atoms with Crippen LogP contribution in [0.1, 0.15) is 17.9 Å². The fraction of sp³-hybridized carbons (Fsp3) is 0.211. The first-order chi connectivity index (χ1) is 14.4. The molecule has 0 radical (unpaired) electrons. The summed E-state index contributed by atoms with van der Waals surface area (Å²) in [6.07, 6.45) is 2.49. The van der Waals surface area contributed by atoms with Crippen molar-refractivity contribution in [2.45, 2.75) is 12.3 Å². The van der Waals surface area contributed by atoms with Gasteiger partial charge in [0.15, 0.2) is 0 Å². The summed E-state index contributed by atoms with van der Waals surface area (Å²) < 4.78 is 13.0. The standard InChI is InChI=1S/C19H16Cl3N3O5/c20-14-3-1-13(2-4-14)18(19(30-25(26)27)24-8-7-23-12-24)29-10-9-28-17-6-5-15(21)11-16(17)22/h1-8,11-12,18-19H,9-10H2. The van der Waals surface area contributed by atoms with Gasteiger partial charge in [0.25, 0.3) is 5.09 Å². The van der Waals surface area contributed by atoms with Gasteiger partial charge in [-0.05, 0) is 35.9 Å². The van der Waals surface area contributed by atoms with Crippen molar-refractivity contribution in [2.75, 3.05) is 13.2 Å². The zero-order valence-electron chi connectivity index (χ0n) is 15.4. The molecule has 0 saturated carbocycles. The normalized spacial score (nSPS) is 12.9. The van der Waals surface area contributed by atoms with Gasteiger partial charge in [0.2, 0.25) is 6.23 Å². The maximum Gasteiger partial charge on any atom is 0.296 e. The molecule has 0 spiro atoms. The van der Waals surface area contributed by atoms with E-state index in [0.717, 1.165) is 0 Å². The second-order valence-electron chi connectivity index (χ2n) is 6.00. The lowest BCUT2D eigenvalue weighted by Gasteiger charge is -2.27.